The third kappa shape index (κ3) is 3.84. The number of fused-ring (bicyclic) bond motifs is 1. The van der Waals surface area contributed by atoms with E-state index in [0.717, 1.165) is 24.0 Å². The lowest BCUT2D eigenvalue weighted by molar-refractivity contribution is -0.122. The first-order valence-electron chi connectivity index (χ1n) is 8.19. The predicted octanol–water partition coefficient (Wildman–Crippen LogP) is 1.66. The Balaban J connectivity index is 1.66. The van der Waals surface area contributed by atoms with Crippen molar-refractivity contribution in [2.45, 2.75) is 32.4 Å². The lowest BCUT2D eigenvalue weighted by Crippen LogP contribution is -2.48. The van der Waals surface area contributed by atoms with Crippen LogP contribution in [0.3, 0.4) is 0 Å². The summed E-state index contributed by atoms with van der Waals surface area (Å²) in [6.45, 7) is 4.32. The standard InChI is InChI=1S/C17H21BrN4O2/c1-11-9-19-6-4-14(11)21-16(23)5-7-22-10-20-15-3-2-12(18)8-13(15)17(22)24/h2-3,8,10-11,14,19H,4-7,9H2,1H3,(H,21,23). The van der Waals surface area contributed by atoms with Gasteiger partial charge in [0.2, 0.25) is 5.91 Å². The van der Waals surface area contributed by atoms with Crippen LogP contribution in [0.15, 0.2) is 33.8 Å². The van der Waals surface area contributed by atoms with E-state index in [2.05, 4.69) is 38.5 Å². The van der Waals surface area contributed by atoms with Crippen LogP contribution in [0.4, 0.5) is 0 Å². The fourth-order valence-corrected chi connectivity index (χ4v) is 3.38. The Kier molecular flexibility index (Phi) is 5.30. The van der Waals surface area contributed by atoms with E-state index < -0.39 is 0 Å². The molecular formula is C17H21BrN4O2. The van der Waals surface area contributed by atoms with Gasteiger partial charge < -0.3 is 10.6 Å². The highest BCUT2D eigenvalue weighted by molar-refractivity contribution is 9.10. The first kappa shape index (κ1) is 17.1. The first-order chi connectivity index (χ1) is 11.5. The van der Waals surface area contributed by atoms with Crippen LogP contribution in [0.2, 0.25) is 0 Å². The summed E-state index contributed by atoms with van der Waals surface area (Å²) in [6, 6.07) is 5.63. The molecule has 0 spiro atoms. The van der Waals surface area contributed by atoms with Crippen LogP contribution in [0.25, 0.3) is 10.9 Å². The monoisotopic (exact) mass is 392 g/mol. The second-order valence-corrected chi connectivity index (χ2v) is 7.21. The molecular weight excluding hydrogens is 372 g/mol. The fourth-order valence-electron chi connectivity index (χ4n) is 3.02. The molecule has 2 aromatic rings. The zero-order chi connectivity index (χ0) is 17.1. The maximum Gasteiger partial charge on any atom is 0.261 e. The van der Waals surface area contributed by atoms with Gasteiger partial charge in [-0.2, -0.15) is 0 Å². The Bertz CT molecular complexity index is 805. The van der Waals surface area contributed by atoms with Crippen molar-refractivity contribution < 1.29 is 4.79 Å². The molecule has 1 aliphatic heterocycles. The molecule has 2 heterocycles. The third-order valence-electron chi connectivity index (χ3n) is 4.50. The predicted molar refractivity (Wildman–Crippen MR) is 96.9 cm³/mol. The Morgan fingerprint density at radius 1 is 1.50 bits per heavy atom. The van der Waals surface area contributed by atoms with Crippen molar-refractivity contribution in [2.75, 3.05) is 13.1 Å². The van der Waals surface area contributed by atoms with E-state index in [9.17, 15) is 9.59 Å². The van der Waals surface area contributed by atoms with Crippen molar-refractivity contribution in [3.05, 3.63) is 39.4 Å². The molecule has 1 amide bonds. The van der Waals surface area contributed by atoms with Crippen molar-refractivity contribution in [1.29, 1.82) is 0 Å². The van der Waals surface area contributed by atoms with Crippen molar-refractivity contribution >= 4 is 32.7 Å². The van der Waals surface area contributed by atoms with Gasteiger partial charge in [-0.25, -0.2) is 4.98 Å². The summed E-state index contributed by atoms with van der Waals surface area (Å²) in [6.07, 6.45) is 2.73. The zero-order valence-electron chi connectivity index (χ0n) is 13.6. The van der Waals surface area contributed by atoms with Crippen molar-refractivity contribution in [1.82, 2.24) is 20.2 Å². The van der Waals surface area contributed by atoms with Gasteiger partial charge in [0.25, 0.3) is 5.56 Å². The molecule has 7 heteroatoms. The average molecular weight is 393 g/mol. The summed E-state index contributed by atoms with van der Waals surface area (Å²) in [5.74, 6) is 0.403. The van der Waals surface area contributed by atoms with Gasteiger partial charge in [0, 0.05) is 23.5 Å². The second kappa shape index (κ2) is 7.44. The van der Waals surface area contributed by atoms with Crippen molar-refractivity contribution in [3.8, 4) is 0 Å². The van der Waals surface area contributed by atoms with Gasteiger partial charge in [0.15, 0.2) is 0 Å². The van der Waals surface area contributed by atoms with Gasteiger partial charge in [-0.3, -0.25) is 14.2 Å². The Labute approximate surface area is 148 Å². The first-order valence-corrected chi connectivity index (χ1v) is 8.98. The van der Waals surface area contributed by atoms with Gasteiger partial charge in [0.05, 0.1) is 17.2 Å². The highest BCUT2D eigenvalue weighted by atomic mass is 79.9. The van der Waals surface area contributed by atoms with Crippen LogP contribution in [0.1, 0.15) is 19.8 Å². The van der Waals surface area contributed by atoms with E-state index in [-0.39, 0.29) is 23.9 Å². The lowest BCUT2D eigenvalue weighted by Gasteiger charge is -2.30. The smallest absolute Gasteiger partial charge is 0.261 e. The maximum absolute atomic E-state index is 12.5. The normalized spacial score (nSPS) is 20.9. The summed E-state index contributed by atoms with van der Waals surface area (Å²) in [7, 11) is 0. The van der Waals surface area contributed by atoms with Crippen molar-refractivity contribution in [3.63, 3.8) is 0 Å². The van der Waals surface area contributed by atoms with Gasteiger partial charge in [-0.05, 0) is 43.6 Å². The minimum atomic E-state index is -0.121. The molecule has 1 fully saturated rings. The maximum atomic E-state index is 12.5. The molecule has 0 saturated carbocycles. The Morgan fingerprint density at radius 2 is 2.33 bits per heavy atom. The van der Waals surface area contributed by atoms with Gasteiger partial charge in [0.1, 0.15) is 0 Å². The summed E-state index contributed by atoms with van der Waals surface area (Å²) in [5.41, 5.74) is 0.539. The molecule has 1 aromatic heterocycles. The summed E-state index contributed by atoms with van der Waals surface area (Å²) < 4.78 is 2.34. The molecule has 0 aliphatic carbocycles. The zero-order valence-corrected chi connectivity index (χ0v) is 15.2. The van der Waals surface area contributed by atoms with Gasteiger partial charge in [-0.15, -0.1) is 0 Å². The number of rotatable bonds is 4. The summed E-state index contributed by atoms with van der Waals surface area (Å²) in [5, 5.41) is 6.95. The minimum Gasteiger partial charge on any atom is -0.353 e. The van der Waals surface area contributed by atoms with Crippen LogP contribution in [-0.2, 0) is 11.3 Å². The topological polar surface area (TPSA) is 76.0 Å². The van der Waals surface area contributed by atoms with Crippen LogP contribution in [-0.4, -0.2) is 34.6 Å². The number of piperidine rings is 1. The number of hydrogen-bond donors (Lipinski definition) is 2. The number of nitrogens with one attached hydrogen (secondary N) is 2. The highest BCUT2D eigenvalue weighted by Gasteiger charge is 2.22. The van der Waals surface area contributed by atoms with Crippen molar-refractivity contribution in [2.24, 2.45) is 5.92 Å². The molecule has 2 N–H and O–H groups in total. The molecule has 6 nitrogen and oxygen atoms in total. The van der Waals surface area contributed by atoms with E-state index in [0.29, 0.717) is 23.4 Å². The van der Waals surface area contributed by atoms with E-state index in [1.807, 2.05) is 6.07 Å². The molecule has 1 saturated heterocycles. The Hall–Kier alpha value is -1.73. The molecule has 1 aliphatic rings. The van der Waals surface area contributed by atoms with Crippen LogP contribution < -0.4 is 16.2 Å². The number of amides is 1. The molecule has 0 bridgehead atoms. The van der Waals surface area contributed by atoms with E-state index in [4.69, 9.17) is 0 Å². The van der Waals surface area contributed by atoms with Gasteiger partial charge in [-0.1, -0.05) is 22.9 Å². The van der Waals surface area contributed by atoms with Crippen LogP contribution in [0, 0.1) is 5.92 Å². The fraction of sp³-hybridized carbons (Fsp3) is 0.471. The van der Waals surface area contributed by atoms with Crippen LogP contribution >= 0.6 is 15.9 Å². The molecule has 2 unspecified atom stereocenters. The number of hydrogen-bond acceptors (Lipinski definition) is 4. The quantitative estimate of drug-likeness (QED) is 0.829. The largest absolute Gasteiger partial charge is 0.353 e. The SMILES string of the molecule is CC1CNCCC1NC(=O)CCn1cnc2ccc(Br)cc2c1=O. The molecule has 3 rings (SSSR count). The molecule has 24 heavy (non-hydrogen) atoms. The number of aryl methyl sites for hydroxylation is 1. The number of benzene rings is 1. The molecule has 128 valence electrons. The molecule has 0 radical (unpaired) electrons. The van der Waals surface area contributed by atoms with E-state index in [1.54, 1.807) is 12.1 Å². The third-order valence-corrected chi connectivity index (χ3v) is 4.99. The average Bonchev–Trinajstić information content (AvgIpc) is 2.57. The number of carbonyl (C=O) groups is 1. The van der Waals surface area contributed by atoms with Gasteiger partial charge >= 0.3 is 0 Å². The summed E-state index contributed by atoms with van der Waals surface area (Å²) >= 11 is 3.37. The summed E-state index contributed by atoms with van der Waals surface area (Å²) in [4.78, 5) is 29.0. The molecule has 1 aromatic carbocycles. The number of aromatic nitrogens is 2. The number of halogens is 1. The lowest BCUT2D eigenvalue weighted by atomic mass is 9.95. The Morgan fingerprint density at radius 3 is 3.12 bits per heavy atom. The molecule has 2 atom stereocenters. The van der Waals surface area contributed by atoms with Crippen LogP contribution in [0.5, 0.6) is 0 Å². The minimum absolute atomic E-state index is 0.0185. The number of carbonyl (C=O) groups excluding carboxylic acids is 1. The highest BCUT2D eigenvalue weighted by Crippen LogP contribution is 2.15. The van der Waals surface area contributed by atoms with E-state index >= 15 is 0 Å². The second-order valence-electron chi connectivity index (χ2n) is 6.30. The number of nitrogens with zero attached hydrogens (tertiary/aromatic N) is 2. The van der Waals surface area contributed by atoms with E-state index in [1.165, 1.54) is 10.9 Å².